The predicted molar refractivity (Wildman–Crippen MR) is 64.5 cm³/mol. The maximum Gasteiger partial charge on any atom is 0.146 e. The van der Waals surface area contributed by atoms with E-state index in [0.717, 1.165) is 31.2 Å². The highest BCUT2D eigenvalue weighted by Crippen LogP contribution is 2.22. The van der Waals surface area contributed by atoms with Gasteiger partial charge in [-0.2, -0.15) is 0 Å². The van der Waals surface area contributed by atoms with E-state index >= 15 is 0 Å². The summed E-state index contributed by atoms with van der Waals surface area (Å²) in [6.45, 7) is 5.48. The highest BCUT2D eigenvalue weighted by atomic mass is 16.1. The van der Waals surface area contributed by atoms with Crippen molar-refractivity contribution in [2.45, 2.75) is 45.7 Å². The van der Waals surface area contributed by atoms with E-state index in [2.05, 4.69) is 15.1 Å². The number of hydrogen-bond acceptors (Lipinski definition) is 4. The molecule has 0 aliphatic carbocycles. The quantitative estimate of drug-likeness (QED) is 0.784. The minimum Gasteiger partial charge on any atom is -0.317 e. The summed E-state index contributed by atoms with van der Waals surface area (Å²) in [5.41, 5.74) is 0. The van der Waals surface area contributed by atoms with Gasteiger partial charge >= 0.3 is 0 Å². The molecule has 2 heterocycles. The number of nitrogens with zero attached hydrogens (tertiary/aromatic N) is 4. The molecule has 0 spiro atoms. The maximum absolute atomic E-state index is 11.2. The first-order valence-corrected chi connectivity index (χ1v) is 6.16. The van der Waals surface area contributed by atoms with Gasteiger partial charge in [-0.3, -0.25) is 9.69 Å². The van der Waals surface area contributed by atoms with Crippen molar-refractivity contribution < 1.29 is 4.79 Å². The van der Waals surface area contributed by atoms with E-state index in [0.29, 0.717) is 12.5 Å². The van der Waals surface area contributed by atoms with Crippen LogP contribution in [0.4, 0.5) is 0 Å². The molecule has 0 bridgehead atoms. The Morgan fingerprint density at radius 2 is 2.24 bits per heavy atom. The normalized spacial score (nSPS) is 21.0. The van der Waals surface area contributed by atoms with Gasteiger partial charge in [0.1, 0.15) is 17.4 Å². The molecule has 0 amide bonds. The van der Waals surface area contributed by atoms with Gasteiger partial charge < -0.3 is 4.57 Å². The molecule has 17 heavy (non-hydrogen) atoms. The van der Waals surface area contributed by atoms with Crippen LogP contribution in [0.5, 0.6) is 0 Å². The van der Waals surface area contributed by atoms with Crippen LogP contribution < -0.4 is 0 Å². The summed E-state index contributed by atoms with van der Waals surface area (Å²) < 4.78 is 2.02. The Morgan fingerprint density at radius 3 is 2.82 bits per heavy atom. The first kappa shape index (κ1) is 12.2. The van der Waals surface area contributed by atoms with Crippen LogP contribution in [0.15, 0.2) is 0 Å². The van der Waals surface area contributed by atoms with E-state index in [1.165, 1.54) is 6.42 Å². The second-order valence-electron chi connectivity index (χ2n) is 4.90. The number of aromatic nitrogens is 3. The van der Waals surface area contributed by atoms with Crippen molar-refractivity contribution in [2.24, 2.45) is 7.05 Å². The molecule has 5 nitrogen and oxygen atoms in total. The molecule has 1 unspecified atom stereocenters. The zero-order valence-corrected chi connectivity index (χ0v) is 10.8. The van der Waals surface area contributed by atoms with Gasteiger partial charge in [-0.1, -0.05) is 0 Å². The molecule has 2 rings (SSSR count). The molecule has 0 aromatic carbocycles. The van der Waals surface area contributed by atoms with Gasteiger partial charge in [0.15, 0.2) is 0 Å². The first-order chi connectivity index (χ1) is 8.08. The molecule has 5 heteroatoms. The fourth-order valence-corrected chi connectivity index (χ4v) is 2.44. The lowest BCUT2D eigenvalue weighted by Crippen LogP contribution is -2.31. The van der Waals surface area contributed by atoms with Crippen molar-refractivity contribution in [3.05, 3.63) is 11.6 Å². The molecule has 1 aromatic rings. The number of carbonyl (C=O) groups is 1. The van der Waals surface area contributed by atoms with E-state index in [-0.39, 0.29) is 5.78 Å². The van der Waals surface area contributed by atoms with E-state index in [1.807, 2.05) is 18.5 Å². The molecule has 0 saturated carbocycles. The van der Waals surface area contributed by atoms with Gasteiger partial charge in [0.2, 0.25) is 0 Å². The number of carbonyl (C=O) groups excluding carboxylic acids is 1. The van der Waals surface area contributed by atoms with Gasteiger partial charge in [0.25, 0.3) is 0 Å². The lowest BCUT2D eigenvalue weighted by atomic mass is 10.1. The summed E-state index contributed by atoms with van der Waals surface area (Å²) in [5.74, 6) is 2.19. The van der Waals surface area contributed by atoms with Crippen molar-refractivity contribution in [1.82, 2.24) is 19.7 Å². The van der Waals surface area contributed by atoms with Crippen molar-refractivity contribution in [3.8, 4) is 0 Å². The summed E-state index contributed by atoms with van der Waals surface area (Å²) in [7, 11) is 1.99. The number of aryl methyl sites for hydroxylation is 1. The standard InChI is InChI=1S/C12H20N4O/c1-9(17)7-11-5-4-6-16(11)8-12-14-13-10(2)15(12)3/h11H,4-8H2,1-3H3. The highest BCUT2D eigenvalue weighted by Gasteiger charge is 2.26. The van der Waals surface area contributed by atoms with E-state index in [4.69, 9.17) is 0 Å². The molecule has 0 radical (unpaired) electrons. The van der Waals surface area contributed by atoms with Crippen LogP contribution in [-0.2, 0) is 18.4 Å². The number of ketones is 1. The average molecular weight is 236 g/mol. The SMILES string of the molecule is CC(=O)CC1CCCN1Cc1nnc(C)n1C. The second kappa shape index (κ2) is 4.96. The van der Waals surface area contributed by atoms with Crippen LogP contribution in [0.2, 0.25) is 0 Å². The Kier molecular flexibility index (Phi) is 3.57. The van der Waals surface area contributed by atoms with Crippen LogP contribution in [0.3, 0.4) is 0 Å². The van der Waals surface area contributed by atoms with Gasteiger partial charge in [0.05, 0.1) is 6.54 Å². The molecule has 1 saturated heterocycles. The molecule has 94 valence electrons. The molecule has 1 aliphatic heterocycles. The van der Waals surface area contributed by atoms with Gasteiger partial charge in [-0.15, -0.1) is 10.2 Å². The van der Waals surface area contributed by atoms with Crippen molar-refractivity contribution in [2.75, 3.05) is 6.54 Å². The smallest absolute Gasteiger partial charge is 0.146 e. The van der Waals surface area contributed by atoms with Crippen molar-refractivity contribution >= 4 is 5.78 Å². The molecule has 1 atom stereocenters. The fraction of sp³-hybridized carbons (Fsp3) is 0.750. The summed E-state index contributed by atoms with van der Waals surface area (Å²) in [6.07, 6.45) is 2.96. The molecule has 1 fully saturated rings. The fourth-order valence-electron chi connectivity index (χ4n) is 2.44. The minimum atomic E-state index is 0.274. The van der Waals surface area contributed by atoms with E-state index in [9.17, 15) is 4.79 Å². The topological polar surface area (TPSA) is 51.0 Å². The number of Topliss-reactive ketones (excluding diaryl/α,β-unsaturated/α-hetero) is 1. The van der Waals surface area contributed by atoms with Crippen LogP contribution >= 0.6 is 0 Å². The van der Waals surface area contributed by atoms with E-state index in [1.54, 1.807) is 6.92 Å². The van der Waals surface area contributed by atoms with E-state index < -0.39 is 0 Å². The third-order valence-electron chi connectivity index (χ3n) is 3.55. The van der Waals surface area contributed by atoms with Gasteiger partial charge in [0, 0.05) is 19.5 Å². The average Bonchev–Trinajstić information content (AvgIpc) is 2.80. The van der Waals surface area contributed by atoms with Crippen molar-refractivity contribution in [3.63, 3.8) is 0 Å². The third-order valence-corrected chi connectivity index (χ3v) is 3.55. The molecule has 1 aromatic heterocycles. The Hall–Kier alpha value is -1.23. The molecule has 1 aliphatic rings. The lowest BCUT2D eigenvalue weighted by Gasteiger charge is -2.22. The monoisotopic (exact) mass is 236 g/mol. The first-order valence-electron chi connectivity index (χ1n) is 6.16. The summed E-state index contributed by atoms with van der Waals surface area (Å²) in [6, 6.07) is 0.393. The molecule has 0 N–H and O–H groups in total. The maximum atomic E-state index is 11.2. The third kappa shape index (κ3) is 2.72. The largest absolute Gasteiger partial charge is 0.317 e. The summed E-state index contributed by atoms with van der Waals surface area (Å²) >= 11 is 0. The van der Waals surface area contributed by atoms with Gasteiger partial charge in [-0.05, 0) is 33.2 Å². The summed E-state index contributed by atoms with van der Waals surface area (Å²) in [5, 5.41) is 8.24. The lowest BCUT2D eigenvalue weighted by molar-refractivity contribution is -0.118. The molecular weight excluding hydrogens is 216 g/mol. The van der Waals surface area contributed by atoms with Crippen molar-refractivity contribution in [1.29, 1.82) is 0 Å². The van der Waals surface area contributed by atoms with Crippen LogP contribution in [0.1, 0.15) is 37.8 Å². The Labute approximate surface area is 102 Å². The molecular formula is C12H20N4O. The number of rotatable bonds is 4. The summed E-state index contributed by atoms with van der Waals surface area (Å²) in [4.78, 5) is 13.6. The Morgan fingerprint density at radius 1 is 1.47 bits per heavy atom. The van der Waals surface area contributed by atoms with Crippen LogP contribution in [0, 0.1) is 6.92 Å². The second-order valence-corrected chi connectivity index (χ2v) is 4.90. The number of hydrogen-bond donors (Lipinski definition) is 0. The zero-order chi connectivity index (χ0) is 12.4. The minimum absolute atomic E-state index is 0.274. The number of likely N-dealkylation sites (tertiary alicyclic amines) is 1. The van der Waals surface area contributed by atoms with Gasteiger partial charge in [-0.25, -0.2) is 0 Å². The zero-order valence-electron chi connectivity index (χ0n) is 10.8. The highest BCUT2D eigenvalue weighted by molar-refractivity contribution is 5.76. The van der Waals surface area contributed by atoms with Crippen LogP contribution in [-0.4, -0.2) is 38.0 Å². The van der Waals surface area contributed by atoms with Crippen LogP contribution in [0.25, 0.3) is 0 Å². The Balaban J connectivity index is 2.02. The predicted octanol–water partition coefficient (Wildman–Crippen LogP) is 1.07. The Bertz CT molecular complexity index is 413.